The summed E-state index contributed by atoms with van der Waals surface area (Å²) in [5.74, 6) is -1.52. The Morgan fingerprint density at radius 3 is 2.36 bits per heavy atom. The smallest absolute Gasteiger partial charge is 0.396 e. The van der Waals surface area contributed by atoms with Crippen molar-refractivity contribution in [2.75, 3.05) is 20.3 Å². The molecule has 0 rings (SSSR count). The molecule has 0 atom stereocenters. The molecule has 0 spiro atoms. The van der Waals surface area contributed by atoms with Crippen LogP contribution < -0.4 is 0 Å². The first-order chi connectivity index (χ1) is 6.54. The van der Waals surface area contributed by atoms with Crippen LogP contribution in [0, 0.1) is 0 Å². The normalized spacial score (nSPS) is 10.1. The lowest BCUT2D eigenvalue weighted by Gasteiger charge is -2.24. The monoisotopic (exact) mass is 203 g/mol. The first-order valence-electron chi connectivity index (χ1n) is 4.54. The van der Waals surface area contributed by atoms with Gasteiger partial charge in [-0.05, 0) is 20.3 Å². The Balaban J connectivity index is 4.33. The molecule has 0 radical (unpaired) electrons. The second-order valence-electron chi connectivity index (χ2n) is 3.16. The van der Waals surface area contributed by atoms with E-state index in [4.69, 9.17) is 5.11 Å². The first-order valence-corrected chi connectivity index (χ1v) is 4.54. The summed E-state index contributed by atoms with van der Waals surface area (Å²) >= 11 is 0. The molecule has 82 valence electrons. The fourth-order valence-corrected chi connectivity index (χ4v) is 1.04. The van der Waals surface area contributed by atoms with Gasteiger partial charge in [-0.1, -0.05) is 0 Å². The number of aliphatic hydroxyl groups is 1. The van der Waals surface area contributed by atoms with Crippen molar-refractivity contribution in [3.63, 3.8) is 0 Å². The molecule has 0 saturated carbocycles. The van der Waals surface area contributed by atoms with E-state index in [1.807, 2.05) is 0 Å². The molecule has 1 amide bonds. The van der Waals surface area contributed by atoms with Crippen LogP contribution in [-0.2, 0) is 14.3 Å². The van der Waals surface area contributed by atoms with Gasteiger partial charge in [0, 0.05) is 19.2 Å². The summed E-state index contributed by atoms with van der Waals surface area (Å²) in [5, 5.41) is 8.62. The molecule has 5 nitrogen and oxygen atoms in total. The summed E-state index contributed by atoms with van der Waals surface area (Å²) in [6.45, 7) is 3.97. The van der Waals surface area contributed by atoms with Crippen LogP contribution in [0.15, 0.2) is 0 Å². The summed E-state index contributed by atoms with van der Waals surface area (Å²) in [4.78, 5) is 23.7. The van der Waals surface area contributed by atoms with Gasteiger partial charge in [-0.25, -0.2) is 4.79 Å². The van der Waals surface area contributed by atoms with Gasteiger partial charge in [0.05, 0.1) is 7.11 Å². The van der Waals surface area contributed by atoms with E-state index in [1.165, 1.54) is 12.0 Å². The third-order valence-corrected chi connectivity index (χ3v) is 1.80. The number of hydrogen-bond donors (Lipinski definition) is 1. The van der Waals surface area contributed by atoms with E-state index < -0.39 is 11.9 Å². The molecule has 0 aliphatic carbocycles. The van der Waals surface area contributed by atoms with Gasteiger partial charge < -0.3 is 14.7 Å². The maximum Gasteiger partial charge on any atom is 0.396 e. The maximum atomic E-state index is 11.4. The molecule has 14 heavy (non-hydrogen) atoms. The van der Waals surface area contributed by atoms with Crippen LogP contribution in [0.2, 0.25) is 0 Å². The predicted molar refractivity (Wildman–Crippen MR) is 50.6 cm³/mol. The maximum absolute atomic E-state index is 11.4. The summed E-state index contributed by atoms with van der Waals surface area (Å²) in [7, 11) is 1.17. The Morgan fingerprint density at radius 2 is 2.00 bits per heavy atom. The minimum absolute atomic E-state index is 0.00231. The number of nitrogens with zero attached hydrogens (tertiary/aromatic N) is 1. The molecule has 0 bridgehead atoms. The molecule has 0 aliphatic heterocycles. The Morgan fingerprint density at radius 1 is 1.43 bits per heavy atom. The zero-order chi connectivity index (χ0) is 11.1. The van der Waals surface area contributed by atoms with Crippen molar-refractivity contribution in [1.29, 1.82) is 0 Å². The molecule has 0 aromatic rings. The highest BCUT2D eigenvalue weighted by atomic mass is 16.5. The van der Waals surface area contributed by atoms with Crippen molar-refractivity contribution in [2.24, 2.45) is 0 Å². The van der Waals surface area contributed by atoms with Crippen LogP contribution in [0.25, 0.3) is 0 Å². The van der Waals surface area contributed by atoms with Crippen molar-refractivity contribution in [1.82, 2.24) is 4.90 Å². The summed E-state index contributed by atoms with van der Waals surface area (Å²) in [6, 6.07) is -0.0758. The average molecular weight is 203 g/mol. The van der Waals surface area contributed by atoms with Gasteiger partial charge in [-0.15, -0.1) is 0 Å². The van der Waals surface area contributed by atoms with Gasteiger partial charge in [0.25, 0.3) is 0 Å². The molecule has 0 saturated heterocycles. The van der Waals surface area contributed by atoms with Crippen molar-refractivity contribution >= 4 is 11.9 Å². The van der Waals surface area contributed by atoms with Crippen LogP contribution >= 0.6 is 0 Å². The van der Waals surface area contributed by atoms with Crippen molar-refractivity contribution in [2.45, 2.75) is 26.3 Å². The van der Waals surface area contributed by atoms with Crippen molar-refractivity contribution < 1.29 is 19.4 Å². The Kier molecular flexibility index (Phi) is 5.87. The van der Waals surface area contributed by atoms with Gasteiger partial charge in [-0.2, -0.15) is 0 Å². The van der Waals surface area contributed by atoms with Gasteiger partial charge in [0.2, 0.25) is 0 Å². The largest absolute Gasteiger partial charge is 0.462 e. The zero-order valence-electron chi connectivity index (χ0n) is 8.82. The Hall–Kier alpha value is -1.10. The lowest BCUT2D eigenvalue weighted by molar-refractivity contribution is -0.159. The van der Waals surface area contributed by atoms with Crippen LogP contribution in [0.5, 0.6) is 0 Å². The van der Waals surface area contributed by atoms with Crippen LogP contribution in [0.3, 0.4) is 0 Å². The Bertz CT molecular complexity index is 203. The summed E-state index contributed by atoms with van der Waals surface area (Å²) < 4.78 is 4.33. The standard InChI is InChI=1S/C9H17NO4/c1-7(2)10(5-4-6-11)8(12)9(13)14-3/h7,11H,4-6H2,1-3H3. The molecule has 5 heteroatoms. The van der Waals surface area contributed by atoms with Gasteiger partial charge in [0.15, 0.2) is 0 Å². The number of aliphatic hydroxyl groups excluding tert-OH is 1. The van der Waals surface area contributed by atoms with E-state index in [0.717, 1.165) is 0 Å². The van der Waals surface area contributed by atoms with Crippen molar-refractivity contribution in [3.05, 3.63) is 0 Å². The highest BCUT2D eigenvalue weighted by Crippen LogP contribution is 2.01. The molecular weight excluding hydrogens is 186 g/mol. The number of amides is 1. The van der Waals surface area contributed by atoms with Crippen molar-refractivity contribution in [3.8, 4) is 0 Å². The number of hydrogen-bond acceptors (Lipinski definition) is 4. The molecule has 0 fully saturated rings. The SMILES string of the molecule is COC(=O)C(=O)N(CCCO)C(C)C. The number of carbonyl (C=O) groups is 2. The van der Waals surface area contributed by atoms with Crippen LogP contribution in [0.4, 0.5) is 0 Å². The number of carbonyl (C=O) groups excluding carboxylic acids is 2. The van der Waals surface area contributed by atoms with E-state index in [1.54, 1.807) is 13.8 Å². The number of esters is 1. The predicted octanol–water partition coefficient (Wildman–Crippen LogP) is -0.221. The molecule has 0 aromatic carbocycles. The highest BCUT2D eigenvalue weighted by Gasteiger charge is 2.23. The lowest BCUT2D eigenvalue weighted by atomic mass is 10.3. The second kappa shape index (κ2) is 6.37. The Labute approximate surface area is 83.6 Å². The quantitative estimate of drug-likeness (QED) is 0.506. The fraction of sp³-hybridized carbons (Fsp3) is 0.778. The minimum atomic E-state index is -0.864. The fourth-order valence-electron chi connectivity index (χ4n) is 1.04. The first kappa shape index (κ1) is 12.9. The van der Waals surface area contributed by atoms with Crippen LogP contribution in [0.1, 0.15) is 20.3 Å². The molecule has 0 heterocycles. The van der Waals surface area contributed by atoms with Gasteiger partial charge in [0.1, 0.15) is 0 Å². The van der Waals surface area contributed by atoms with Gasteiger partial charge >= 0.3 is 11.9 Å². The third kappa shape index (κ3) is 3.74. The summed E-state index contributed by atoms with van der Waals surface area (Å²) in [5.41, 5.74) is 0. The van der Waals surface area contributed by atoms with E-state index in [0.29, 0.717) is 13.0 Å². The van der Waals surface area contributed by atoms with E-state index >= 15 is 0 Å². The van der Waals surface area contributed by atoms with Crippen LogP contribution in [-0.4, -0.2) is 48.2 Å². The third-order valence-electron chi connectivity index (χ3n) is 1.80. The zero-order valence-corrected chi connectivity index (χ0v) is 8.82. The van der Waals surface area contributed by atoms with E-state index in [-0.39, 0.29) is 12.6 Å². The molecule has 0 unspecified atom stereocenters. The minimum Gasteiger partial charge on any atom is -0.462 e. The van der Waals surface area contributed by atoms with E-state index in [9.17, 15) is 9.59 Å². The highest BCUT2D eigenvalue weighted by molar-refractivity contribution is 6.32. The molecule has 0 aliphatic rings. The second-order valence-corrected chi connectivity index (χ2v) is 3.16. The van der Waals surface area contributed by atoms with Gasteiger partial charge in [-0.3, -0.25) is 4.79 Å². The topological polar surface area (TPSA) is 66.8 Å². The molecule has 1 N–H and O–H groups in total. The number of methoxy groups -OCH3 is 1. The average Bonchev–Trinajstić information content (AvgIpc) is 2.16. The number of ether oxygens (including phenoxy) is 1. The lowest BCUT2D eigenvalue weighted by Crippen LogP contribution is -2.42. The molecular formula is C9H17NO4. The van der Waals surface area contributed by atoms with E-state index in [2.05, 4.69) is 4.74 Å². The summed E-state index contributed by atoms with van der Waals surface area (Å²) in [6.07, 6.45) is 0.459. The molecule has 0 aromatic heterocycles. The number of rotatable bonds is 4.